The second kappa shape index (κ2) is 7.96. The maximum absolute atomic E-state index is 12.6. The van der Waals surface area contributed by atoms with E-state index in [1.54, 1.807) is 0 Å². The van der Waals surface area contributed by atoms with E-state index in [1.807, 2.05) is 31.2 Å². The van der Waals surface area contributed by atoms with E-state index in [0.29, 0.717) is 17.4 Å². The molecular formula is C21H24ClNO. The lowest BCUT2D eigenvalue weighted by Gasteiger charge is -2.23. The highest BCUT2D eigenvalue weighted by Crippen LogP contribution is 2.25. The molecule has 0 aromatic heterocycles. The molecule has 1 fully saturated rings. The second-order valence-corrected chi connectivity index (χ2v) is 7.14. The maximum atomic E-state index is 12.6. The molecule has 2 aromatic carbocycles. The third kappa shape index (κ3) is 4.25. The van der Waals surface area contributed by atoms with Crippen molar-refractivity contribution in [2.75, 3.05) is 13.1 Å². The largest absolute Gasteiger partial charge is 0.316 e. The van der Waals surface area contributed by atoms with Gasteiger partial charge >= 0.3 is 0 Å². The highest BCUT2D eigenvalue weighted by Gasteiger charge is 2.17. The Morgan fingerprint density at radius 1 is 1.25 bits per heavy atom. The van der Waals surface area contributed by atoms with Crippen LogP contribution in [0.25, 0.3) is 0 Å². The molecule has 0 saturated carbocycles. The summed E-state index contributed by atoms with van der Waals surface area (Å²) in [5, 5.41) is 4.13. The van der Waals surface area contributed by atoms with Crippen molar-refractivity contribution in [2.45, 2.75) is 38.0 Å². The Balaban J connectivity index is 1.63. The van der Waals surface area contributed by atoms with Gasteiger partial charge in [0, 0.05) is 23.9 Å². The van der Waals surface area contributed by atoms with Gasteiger partial charge in [0.2, 0.25) is 0 Å². The molecule has 0 bridgehead atoms. The van der Waals surface area contributed by atoms with Crippen molar-refractivity contribution in [3.05, 3.63) is 70.2 Å². The fourth-order valence-corrected chi connectivity index (χ4v) is 3.56. The van der Waals surface area contributed by atoms with Gasteiger partial charge in [-0.1, -0.05) is 54.9 Å². The number of carbonyl (C=O) groups excluding carboxylic acids is 1. The SMILES string of the molecule is CC(C(=O)Cc1ccc(C2CCCNC2)cc1)c1cccc(Cl)c1. The Bertz CT molecular complexity index is 689. The Morgan fingerprint density at radius 3 is 2.71 bits per heavy atom. The van der Waals surface area contributed by atoms with E-state index >= 15 is 0 Å². The summed E-state index contributed by atoms with van der Waals surface area (Å²) in [6.45, 7) is 4.14. The summed E-state index contributed by atoms with van der Waals surface area (Å²) in [6.07, 6.45) is 2.95. The summed E-state index contributed by atoms with van der Waals surface area (Å²) < 4.78 is 0. The zero-order valence-electron chi connectivity index (χ0n) is 14.1. The van der Waals surface area contributed by atoms with Crippen molar-refractivity contribution in [3.8, 4) is 0 Å². The first-order chi connectivity index (χ1) is 11.6. The van der Waals surface area contributed by atoms with Crippen molar-refractivity contribution in [1.29, 1.82) is 0 Å². The summed E-state index contributed by atoms with van der Waals surface area (Å²) in [5.41, 5.74) is 3.44. The van der Waals surface area contributed by atoms with Crippen LogP contribution in [0.1, 0.15) is 48.3 Å². The Hall–Kier alpha value is -1.64. The summed E-state index contributed by atoms with van der Waals surface area (Å²) in [6, 6.07) is 16.2. The molecule has 0 aliphatic carbocycles. The van der Waals surface area contributed by atoms with Crippen LogP contribution in [0, 0.1) is 0 Å². The lowest BCUT2D eigenvalue weighted by molar-refractivity contribution is -0.119. The van der Waals surface area contributed by atoms with Gasteiger partial charge in [0.25, 0.3) is 0 Å². The smallest absolute Gasteiger partial charge is 0.144 e. The Morgan fingerprint density at radius 2 is 2.04 bits per heavy atom. The van der Waals surface area contributed by atoms with Gasteiger partial charge in [-0.2, -0.15) is 0 Å². The van der Waals surface area contributed by atoms with Gasteiger partial charge in [0.05, 0.1) is 0 Å². The number of nitrogens with one attached hydrogen (secondary N) is 1. The van der Waals surface area contributed by atoms with Gasteiger partial charge in [0.1, 0.15) is 5.78 Å². The third-order valence-corrected chi connectivity index (χ3v) is 5.19. The van der Waals surface area contributed by atoms with Crippen LogP contribution in [0.2, 0.25) is 5.02 Å². The molecule has 2 unspecified atom stereocenters. The third-order valence-electron chi connectivity index (χ3n) is 4.96. The zero-order valence-corrected chi connectivity index (χ0v) is 14.9. The summed E-state index contributed by atoms with van der Waals surface area (Å²) in [5.74, 6) is 0.698. The zero-order chi connectivity index (χ0) is 16.9. The fourth-order valence-electron chi connectivity index (χ4n) is 3.36. The van der Waals surface area contributed by atoms with Crippen molar-refractivity contribution >= 4 is 17.4 Å². The molecule has 2 aromatic rings. The molecular weight excluding hydrogens is 318 g/mol. The normalized spacial score (nSPS) is 19.0. The van der Waals surface area contributed by atoms with Gasteiger partial charge in [-0.25, -0.2) is 0 Å². The van der Waals surface area contributed by atoms with E-state index in [0.717, 1.165) is 24.2 Å². The number of halogens is 1. The molecule has 1 aliphatic heterocycles. The van der Waals surface area contributed by atoms with E-state index in [1.165, 1.54) is 18.4 Å². The molecule has 3 heteroatoms. The molecule has 0 spiro atoms. The fraction of sp³-hybridized carbons (Fsp3) is 0.381. The molecule has 2 atom stereocenters. The minimum absolute atomic E-state index is 0.133. The average molecular weight is 342 g/mol. The number of piperidine rings is 1. The monoisotopic (exact) mass is 341 g/mol. The Labute approximate surface area is 149 Å². The van der Waals surface area contributed by atoms with Crippen LogP contribution >= 0.6 is 11.6 Å². The highest BCUT2D eigenvalue weighted by atomic mass is 35.5. The number of carbonyl (C=O) groups is 1. The van der Waals surface area contributed by atoms with Crippen molar-refractivity contribution in [2.24, 2.45) is 0 Å². The molecule has 2 nitrogen and oxygen atoms in total. The summed E-state index contributed by atoms with van der Waals surface area (Å²) in [7, 11) is 0. The number of Topliss-reactive ketones (excluding diaryl/α,β-unsaturated/α-hetero) is 1. The molecule has 3 rings (SSSR count). The summed E-state index contributed by atoms with van der Waals surface area (Å²) >= 11 is 6.03. The van der Waals surface area contributed by atoms with Crippen LogP contribution in [-0.2, 0) is 11.2 Å². The second-order valence-electron chi connectivity index (χ2n) is 6.70. The van der Waals surface area contributed by atoms with Gasteiger partial charge in [-0.15, -0.1) is 0 Å². The molecule has 1 saturated heterocycles. The van der Waals surface area contributed by atoms with Gasteiger partial charge in [0.15, 0.2) is 0 Å². The lowest BCUT2D eigenvalue weighted by atomic mass is 9.89. The van der Waals surface area contributed by atoms with Gasteiger partial charge in [-0.05, 0) is 54.1 Å². The topological polar surface area (TPSA) is 29.1 Å². The van der Waals surface area contributed by atoms with E-state index in [2.05, 4.69) is 29.6 Å². The number of hydrogen-bond acceptors (Lipinski definition) is 2. The molecule has 1 heterocycles. The van der Waals surface area contributed by atoms with Crippen molar-refractivity contribution in [1.82, 2.24) is 5.32 Å². The van der Waals surface area contributed by atoms with Crippen LogP contribution in [0.15, 0.2) is 48.5 Å². The minimum Gasteiger partial charge on any atom is -0.316 e. The van der Waals surface area contributed by atoms with E-state index in [9.17, 15) is 4.79 Å². The molecule has 0 amide bonds. The molecule has 126 valence electrons. The standard InChI is InChI=1S/C21H24ClNO/c1-15(18-4-2-6-20(22)13-18)21(24)12-16-7-9-17(10-8-16)19-5-3-11-23-14-19/h2,4,6-10,13,15,19,23H,3,5,11-12,14H2,1H3. The van der Waals surface area contributed by atoms with Crippen LogP contribution in [0.4, 0.5) is 0 Å². The molecule has 0 radical (unpaired) electrons. The Kier molecular flexibility index (Phi) is 5.70. The molecule has 1 aliphatic rings. The first-order valence-electron chi connectivity index (χ1n) is 8.71. The van der Waals surface area contributed by atoms with Crippen LogP contribution in [0.5, 0.6) is 0 Å². The summed E-state index contributed by atoms with van der Waals surface area (Å²) in [4.78, 5) is 12.6. The van der Waals surface area contributed by atoms with Crippen LogP contribution in [0.3, 0.4) is 0 Å². The molecule has 1 N–H and O–H groups in total. The van der Waals surface area contributed by atoms with E-state index in [-0.39, 0.29) is 11.7 Å². The highest BCUT2D eigenvalue weighted by molar-refractivity contribution is 6.30. The van der Waals surface area contributed by atoms with E-state index < -0.39 is 0 Å². The maximum Gasteiger partial charge on any atom is 0.144 e. The van der Waals surface area contributed by atoms with Crippen LogP contribution < -0.4 is 5.32 Å². The predicted octanol–water partition coefficient (Wildman–Crippen LogP) is 4.72. The van der Waals surface area contributed by atoms with Crippen molar-refractivity contribution < 1.29 is 4.79 Å². The number of hydrogen-bond donors (Lipinski definition) is 1. The predicted molar refractivity (Wildman–Crippen MR) is 99.9 cm³/mol. The quantitative estimate of drug-likeness (QED) is 0.852. The van der Waals surface area contributed by atoms with Gasteiger partial charge in [-0.3, -0.25) is 4.79 Å². The van der Waals surface area contributed by atoms with Crippen molar-refractivity contribution in [3.63, 3.8) is 0 Å². The first-order valence-corrected chi connectivity index (χ1v) is 9.09. The molecule has 24 heavy (non-hydrogen) atoms. The number of rotatable bonds is 5. The van der Waals surface area contributed by atoms with Crippen LogP contribution in [-0.4, -0.2) is 18.9 Å². The average Bonchev–Trinajstić information content (AvgIpc) is 2.62. The first kappa shape index (κ1) is 17.2. The number of benzene rings is 2. The van der Waals surface area contributed by atoms with Gasteiger partial charge < -0.3 is 5.32 Å². The minimum atomic E-state index is -0.133. The lowest BCUT2D eigenvalue weighted by Crippen LogP contribution is -2.28. The van der Waals surface area contributed by atoms with E-state index in [4.69, 9.17) is 11.6 Å². The number of ketones is 1.